The molecule has 0 heterocycles. The molecule has 0 atom stereocenters. The highest BCUT2D eigenvalue weighted by atomic mass is 19.4. The van der Waals surface area contributed by atoms with Crippen molar-refractivity contribution in [3.05, 3.63) is 59.7 Å². The van der Waals surface area contributed by atoms with Crippen molar-refractivity contribution in [1.29, 1.82) is 0 Å². The molecule has 0 saturated carbocycles. The second kappa shape index (κ2) is 7.04. The van der Waals surface area contributed by atoms with Crippen LogP contribution in [0.2, 0.25) is 0 Å². The molecule has 4 nitrogen and oxygen atoms in total. The topological polar surface area (TPSA) is 50.4 Å². The number of urea groups is 1. The van der Waals surface area contributed by atoms with Crippen LogP contribution < -0.4 is 15.4 Å². The lowest BCUT2D eigenvalue weighted by molar-refractivity contribution is -0.137. The maximum absolute atomic E-state index is 12.5. The van der Waals surface area contributed by atoms with Gasteiger partial charge in [-0.25, -0.2) is 4.79 Å². The summed E-state index contributed by atoms with van der Waals surface area (Å²) in [5.41, 5.74) is -0.314. The summed E-state index contributed by atoms with van der Waals surface area (Å²) in [5.74, 6) is 0.703. The lowest BCUT2D eigenvalue weighted by atomic mass is 9.94. The van der Waals surface area contributed by atoms with Crippen molar-refractivity contribution in [2.75, 3.05) is 12.4 Å². The average Bonchev–Trinajstić information content (AvgIpc) is 2.54. The van der Waals surface area contributed by atoms with Gasteiger partial charge < -0.3 is 15.4 Å². The number of amides is 2. The second-order valence-electron chi connectivity index (χ2n) is 6.01. The molecule has 134 valence electrons. The van der Waals surface area contributed by atoms with E-state index in [-0.39, 0.29) is 5.69 Å². The van der Waals surface area contributed by atoms with Crippen LogP contribution in [0.25, 0.3) is 0 Å². The summed E-state index contributed by atoms with van der Waals surface area (Å²) in [6.45, 7) is 3.64. The molecule has 0 fully saturated rings. The molecule has 2 amide bonds. The molecule has 0 aromatic heterocycles. The van der Waals surface area contributed by atoms with Crippen molar-refractivity contribution in [2.45, 2.75) is 25.6 Å². The molecule has 0 bridgehead atoms. The number of anilines is 1. The Labute approximate surface area is 144 Å². The number of benzene rings is 2. The number of carbonyl (C=O) groups is 1. The number of ether oxygens (including phenoxy) is 1. The van der Waals surface area contributed by atoms with Crippen molar-refractivity contribution >= 4 is 11.7 Å². The molecule has 0 aliphatic heterocycles. The number of halogens is 3. The number of methoxy groups -OCH3 is 1. The highest BCUT2D eigenvalue weighted by Gasteiger charge is 2.30. The summed E-state index contributed by atoms with van der Waals surface area (Å²) in [4.78, 5) is 12.1. The summed E-state index contributed by atoms with van der Waals surface area (Å²) in [6, 6.07) is 11.0. The molecule has 0 saturated heterocycles. The van der Waals surface area contributed by atoms with Crippen molar-refractivity contribution in [2.24, 2.45) is 0 Å². The molecule has 0 unspecified atom stereocenters. The fourth-order valence-corrected chi connectivity index (χ4v) is 2.27. The molecule has 7 heteroatoms. The monoisotopic (exact) mass is 352 g/mol. The minimum atomic E-state index is -4.41. The molecule has 25 heavy (non-hydrogen) atoms. The molecular weight excluding hydrogens is 333 g/mol. The van der Waals surface area contributed by atoms with Gasteiger partial charge in [0.15, 0.2) is 0 Å². The van der Waals surface area contributed by atoms with Gasteiger partial charge in [0.25, 0.3) is 0 Å². The van der Waals surface area contributed by atoms with Gasteiger partial charge in [-0.3, -0.25) is 0 Å². The largest absolute Gasteiger partial charge is 0.497 e. The minimum absolute atomic E-state index is 0.274. The van der Waals surface area contributed by atoms with E-state index in [1.165, 1.54) is 12.1 Å². The molecule has 2 aromatic rings. The van der Waals surface area contributed by atoms with Crippen LogP contribution >= 0.6 is 0 Å². The summed E-state index contributed by atoms with van der Waals surface area (Å²) in [5, 5.41) is 5.32. The van der Waals surface area contributed by atoms with Gasteiger partial charge in [0.05, 0.1) is 18.2 Å². The van der Waals surface area contributed by atoms with E-state index in [4.69, 9.17) is 4.74 Å². The fraction of sp³-hybridized carbons (Fsp3) is 0.278. The Bertz CT molecular complexity index is 723. The Balaban J connectivity index is 2.02. The summed E-state index contributed by atoms with van der Waals surface area (Å²) in [7, 11) is 1.57. The third-order valence-electron chi connectivity index (χ3n) is 3.71. The zero-order valence-electron chi connectivity index (χ0n) is 14.1. The fourth-order valence-electron chi connectivity index (χ4n) is 2.27. The van der Waals surface area contributed by atoms with E-state index in [2.05, 4.69) is 10.6 Å². The van der Waals surface area contributed by atoms with Gasteiger partial charge in [-0.05, 0) is 55.8 Å². The van der Waals surface area contributed by atoms with Crippen LogP contribution in [-0.2, 0) is 11.7 Å². The lowest BCUT2D eigenvalue weighted by Gasteiger charge is -2.27. The van der Waals surface area contributed by atoms with Crippen molar-refractivity contribution in [3.8, 4) is 5.75 Å². The Morgan fingerprint density at radius 3 is 1.92 bits per heavy atom. The van der Waals surface area contributed by atoms with Crippen LogP contribution in [0.4, 0.5) is 23.7 Å². The summed E-state index contributed by atoms with van der Waals surface area (Å²) >= 11 is 0. The van der Waals surface area contributed by atoms with E-state index >= 15 is 0 Å². The van der Waals surface area contributed by atoms with Gasteiger partial charge in [-0.15, -0.1) is 0 Å². The molecule has 0 aliphatic rings. The number of nitrogens with one attached hydrogen (secondary N) is 2. The molecule has 2 N–H and O–H groups in total. The van der Waals surface area contributed by atoms with E-state index in [1.54, 1.807) is 19.2 Å². The van der Waals surface area contributed by atoms with Gasteiger partial charge in [-0.1, -0.05) is 12.1 Å². The maximum atomic E-state index is 12.5. The van der Waals surface area contributed by atoms with Gasteiger partial charge in [0.2, 0.25) is 0 Å². The molecule has 0 spiro atoms. The smallest absolute Gasteiger partial charge is 0.416 e. The lowest BCUT2D eigenvalue weighted by Crippen LogP contribution is -2.43. The first-order chi connectivity index (χ1) is 11.6. The first-order valence-corrected chi connectivity index (χ1v) is 7.53. The third kappa shape index (κ3) is 4.89. The zero-order chi connectivity index (χ0) is 18.7. The quantitative estimate of drug-likeness (QED) is 0.833. The van der Waals surface area contributed by atoms with E-state index in [9.17, 15) is 18.0 Å². The maximum Gasteiger partial charge on any atom is 0.416 e. The first-order valence-electron chi connectivity index (χ1n) is 7.53. The normalized spacial score (nSPS) is 11.8. The van der Waals surface area contributed by atoms with Crippen molar-refractivity contribution < 1.29 is 22.7 Å². The highest BCUT2D eigenvalue weighted by Crippen LogP contribution is 2.30. The molecule has 2 rings (SSSR count). The highest BCUT2D eigenvalue weighted by molar-refractivity contribution is 5.89. The van der Waals surface area contributed by atoms with Gasteiger partial charge in [0.1, 0.15) is 5.75 Å². The minimum Gasteiger partial charge on any atom is -0.497 e. The number of alkyl halides is 3. The Kier molecular flexibility index (Phi) is 5.25. The molecule has 2 aromatic carbocycles. The molecular formula is C18H19F3N2O2. The van der Waals surface area contributed by atoms with Crippen LogP contribution in [0, 0.1) is 0 Å². The van der Waals surface area contributed by atoms with Crippen LogP contribution in [-0.4, -0.2) is 13.1 Å². The van der Waals surface area contributed by atoms with E-state index in [0.29, 0.717) is 5.75 Å². The SMILES string of the molecule is COc1ccc(C(C)(C)NC(=O)Nc2ccc(C(F)(F)F)cc2)cc1. The second-order valence-corrected chi connectivity index (χ2v) is 6.01. The summed E-state index contributed by atoms with van der Waals surface area (Å²) < 4.78 is 42.7. The Morgan fingerprint density at radius 2 is 1.44 bits per heavy atom. The number of hydrogen-bond acceptors (Lipinski definition) is 2. The van der Waals surface area contributed by atoms with Gasteiger partial charge in [0, 0.05) is 5.69 Å². The van der Waals surface area contributed by atoms with E-state index < -0.39 is 23.3 Å². The van der Waals surface area contributed by atoms with Crippen molar-refractivity contribution in [3.63, 3.8) is 0 Å². The third-order valence-corrected chi connectivity index (χ3v) is 3.71. The Morgan fingerprint density at radius 1 is 0.920 bits per heavy atom. The number of rotatable bonds is 4. The van der Waals surface area contributed by atoms with Crippen LogP contribution in [0.5, 0.6) is 5.75 Å². The predicted octanol–water partition coefficient (Wildman–Crippen LogP) is 4.77. The zero-order valence-corrected chi connectivity index (χ0v) is 14.1. The standard InChI is InChI=1S/C18H19F3N2O2/c1-17(2,12-6-10-15(25-3)11-7-12)23-16(24)22-14-8-4-13(5-9-14)18(19,20)21/h4-11H,1-3H3,(H2,22,23,24). The predicted molar refractivity (Wildman–Crippen MR) is 89.6 cm³/mol. The number of hydrogen-bond donors (Lipinski definition) is 2. The molecule has 0 radical (unpaired) electrons. The van der Waals surface area contributed by atoms with Crippen molar-refractivity contribution in [1.82, 2.24) is 5.32 Å². The van der Waals surface area contributed by atoms with Gasteiger partial charge >= 0.3 is 12.2 Å². The van der Waals surface area contributed by atoms with Crippen LogP contribution in [0.3, 0.4) is 0 Å². The summed E-state index contributed by atoms with van der Waals surface area (Å²) in [6.07, 6.45) is -4.41. The van der Waals surface area contributed by atoms with Crippen LogP contribution in [0.15, 0.2) is 48.5 Å². The Hall–Kier alpha value is -2.70. The van der Waals surface area contributed by atoms with E-state index in [1.807, 2.05) is 26.0 Å². The average molecular weight is 352 g/mol. The van der Waals surface area contributed by atoms with Crippen LogP contribution in [0.1, 0.15) is 25.0 Å². The number of carbonyl (C=O) groups excluding carboxylic acids is 1. The first kappa shape index (κ1) is 18.6. The molecule has 0 aliphatic carbocycles. The van der Waals surface area contributed by atoms with E-state index in [0.717, 1.165) is 17.7 Å². The van der Waals surface area contributed by atoms with Gasteiger partial charge in [-0.2, -0.15) is 13.2 Å².